The van der Waals surface area contributed by atoms with E-state index in [0.717, 1.165) is 16.6 Å². The molecule has 2 aromatic heterocycles. The summed E-state index contributed by atoms with van der Waals surface area (Å²) in [6.45, 7) is 1.93. The summed E-state index contributed by atoms with van der Waals surface area (Å²) in [7, 11) is 0. The van der Waals surface area contributed by atoms with Gasteiger partial charge in [-0.25, -0.2) is 0 Å². The fourth-order valence-electron chi connectivity index (χ4n) is 1.77. The first-order chi connectivity index (χ1) is 9.15. The molecule has 3 rings (SSSR count). The zero-order valence-electron chi connectivity index (χ0n) is 9.91. The molecule has 2 heterocycles. The average molecular weight is 294 g/mol. The van der Waals surface area contributed by atoms with Gasteiger partial charge in [-0.1, -0.05) is 17.7 Å². The molecule has 5 nitrogen and oxygen atoms in total. The highest BCUT2D eigenvalue weighted by Crippen LogP contribution is 2.28. The number of fused-ring (bicyclic) bond motifs is 1. The minimum Gasteiger partial charge on any atom is -0.339 e. The summed E-state index contributed by atoms with van der Waals surface area (Å²) in [6.07, 6.45) is 1.65. The second-order valence-electron chi connectivity index (χ2n) is 4.01. The molecule has 0 unspecified atom stereocenters. The Morgan fingerprint density at radius 1 is 1.21 bits per heavy atom. The van der Waals surface area contributed by atoms with Crippen LogP contribution in [0.2, 0.25) is 10.3 Å². The van der Waals surface area contributed by atoms with E-state index in [0.29, 0.717) is 16.5 Å². The third kappa shape index (κ3) is 2.22. The van der Waals surface area contributed by atoms with Crippen LogP contribution in [-0.4, -0.2) is 20.2 Å². The predicted molar refractivity (Wildman–Crippen MR) is 76.2 cm³/mol. The standard InChI is InChI=1S/C12H9Cl2N5/c1-6-8(13)3-2-4-9(6)16-10-7-5-15-19-11(7)18-12(14)17-10/h2-5H,1H3,(H2,15,16,17,18,19). The van der Waals surface area contributed by atoms with Gasteiger partial charge in [0, 0.05) is 10.7 Å². The maximum Gasteiger partial charge on any atom is 0.226 e. The summed E-state index contributed by atoms with van der Waals surface area (Å²) in [5.41, 5.74) is 2.39. The highest BCUT2D eigenvalue weighted by molar-refractivity contribution is 6.31. The van der Waals surface area contributed by atoms with Crippen molar-refractivity contribution < 1.29 is 0 Å². The molecule has 19 heavy (non-hydrogen) atoms. The van der Waals surface area contributed by atoms with E-state index in [1.54, 1.807) is 6.20 Å². The van der Waals surface area contributed by atoms with Gasteiger partial charge < -0.3 is 5.32 Å². The Bertz CT molecular complexity index is 753. The van der Waals surface area contributed by atoms with Crippen molar-refractivity contribution >= 4 is 45.7 Å². The van der Waals surface area contributed by atoms with Crippen LogP contribution in [0.4, 0.5) is 11.5 Å². The van der Waals surface area contributed by atoms with E-state index in [-0.39, 0.29) is 5.28 Å². The summed E-state index contributed by atoms with van der Waals surface area (Å²) in [4.78, 5) is 8.23. The van der Waals surface area contributed by atoms with Crippen molar-refractivity contribution in [2.75, 3.05) is 5.32 Å². The maximum atomic E-state index is 6.09. The normalized spacial score (nSPS) is 10.9. The van der Waals surface area contributed by atoms with Gasteiger partial charge in [-0.3, -0.25) is 5.10 Å². The molecule has 0 aliphatic carbocycles. The molecule has 0 spiro atoms. The van der Waals surface area contributed by atoms with Gasteiger partial charge >= 0.3 is 0 Å². The van der Waals surface area contributed by atoms with Crippen LogP contribution in [-0.2, 0) is 0 Å². The molecule has 0 radical (unpaired) electrons. The van der Waals surface area contributed by atoms with Gasteiger partial charge in [0.1, 0.15) is 5.82 Å². The number of benzene rings is 1. The van der Waals surface area contributed by atoms with E-state index in [4.69, 9.17) is 23.2 Å². The van der Waals surface area contributed by atoms with Crippen LogP contribution < -0.4 is 5.32 Å². The number of aromatic amines is 1. The minimum absolute atomic E-state index is 0.152. The lowest BCUT2D eigenvalue weighted by Crippen LogP contribution is -1.98. The lowest BCUT2D eigenvalue weighted by Gasteiger charge is -2.10. The molecule has 0 saturated carbocycles. The first-order valence-corrected chi connectivity index (χ1v) is 6.29. The summed E-state index contributed by atoms with van der Waals surface area (Å²) in [5.74, 6) is 0.592. The monoisotopic (exact) mass is 293 g/mol. The van der Waals surface area contributed by atoms with E-state index in [2.05, 4.69) is 25.5 Å². The molecule has 1 aromatic carbocycles. The molecule has 0 saturated heterocycles. The Kier molecular flexibility index (Phi) is 3.00. The fraction of sp³-hybridized carbons (Fsp3) is 0.0833. The average Bonchev–Trinajstić information content (AvgIpc) is 2.83. The zero-order chi connectivity index (χ0) is 13.4. The Morgan fingerprint density at radius 2 is 2.05 bits per heavy atom. The summed E-state index contributed by atoms with van der Waals surface area (Å²) >= 11 is 12.0. The topological polar surface area (TPSA) is 66.5 Å². The lowest BCUT2D eigenvalue weighted by atomic mass is 10.2. The number of rotatable bonds is 2. The first-order valence-electron chi connectivity index (χ1n) is 5.54. The molecule has 2 N–H and O–H groups in total. The minimum atomic E-state index is 0.152. The van der Waals surface area contributed by atoms with Crippen molar-refractivity contribution in [3.8, 4) is 0 Å². The van der Waals surface area contributed by atoms with Crippen molar-refractivity contribution in [1.82, 2.24) is 20.2 Å². The van der Waals surface area contributed by atoms with Gasteiger partial charge in [0.25, 0.3) is 0 Å². The van der Waals surface area contributed by atoms with Crippen molar-refractivity contribution in [2.45, 2.75) is 6.92 Å². The molecule has 96 valence electrons. The Labute approximate surface area is 119 Å². The second-order valence-corrected chi connectivity index (χ2v) is 4.76. The molecule has 7 heteroatoms. The van der Waals surface area contributed by atoms with Crippen LogP contribution in [0, 0.1) is 6.92 Å². The summed E-state index contributed by atoms with van der Waals surface area (Å²) in [6, 6.07) is 5.62. The highest BCUT2D eigenvalue weighted by Gasteiger charge is 2.10. The van der Waals surface area contributed by atoms with Crippen molar-refractivity contribution in [2.24, 2.45) is 0 Å². The van der Waals surface area contributed by atoms with E-state index in [9.17, 15) is 0 Å². The van der Waals surface area contributed by atoms with Crippen molar-refractivity contribution in [3.05, 3.63) is 40.3 Å². The van der Waals surface area contributed by atoms with Gasteiger partial charge in [0.2, 0.25) is 5.28 Å². The van der Waals surface area contributed by atoms with E-state index < -0.39 is 0 Å². The van der Waals surface area contributed by atoms with Gasteiger partial charge in [-0.2, -0.15) is 15.1 Å². The van der Waals surface area contributed by atoms with Crippen molar-refractivity contribution in [1.29, 1.82) is 0 Å². The number of aromatic nitrogens is 4. The number of halogens is 2. The lowest BCUT2D eigenvalue weighted by molar-refractivity contribution is 1.09. The second kappa shape index (κ2) is 4.68. The molecular weight excluding hydrogens is 285 g/mol. The fourth-order valence-corrected chi connectivity index (χ4v) is 2.12. The number of anilines is 2. The molecule has 3 aromatic rings. The van der Waals surface area contributed by atoms with Crippen LogP contribution in [0.3, 0.4) is 0 Å². The van der Waals surface area contributed by atoms with Crippen LogP contribution in [0.5, 0.6) is 0 Å². The number of nitrogens with zero attached hydrogens (tertiary/aromatic N) is 3. The number of hydrogen-bond donors (Lipinski definition) is 2. The molecule has 0 fully saturated rings. The van der Waals surface area contributed by atoms with E-state index in [1.807, 2.05) is 25.1 Å². The largest absolute Gasteiger partial charge is 0.339 e. The first kappa shape index (κ1) is 12.2. The third-order valence-electron chi connectivity index (χ3n) is 2.80. The summed E-state index contributed by atoms with van der Waals surface area (Å²) in [5, 5.41) is 11.5. The smallest absolute Gasteiger partial charge is 0.226 e. The number of nitrogens with one attached hydrogen (secondary N) is 2. The van der Waals surface area contributed by atoms with Crippen LogP contribution in [0.15, 0.2) is 24.4 Å². The molecule has 0 aliphatic heterocycles. The third-order valence-corrected chi connectivity index (χ3v) is 3.38. The van der Waals surface area contributed by atoms with Gasteiger partial charge in [-0.05, 0) is 36.2 Å². The van der Waals surface area contributed by atoms with E-state index >= 15 is 0 Å². The molecule has 0 bridgehead atoms. The Morgan fingerprint density at radius 3 is 2.89 bits per heavy atom. The Hall–Kier alpha value is -1.85. The highest BCUT2D eigenvalue weighted by atomic mass is 35.5. The quantitative estimate of drug-likeness (QED) is 0.707. The van der Waals surface area contributed by atoms with Gasteiger partial charge in [-0.15, -0.1) is 0 Å². The maximum absolute atomic E-state index is 6.09. The molecular formula is C12H9Cl2N5. The zero-order valence-corrected chi connectivity index (χ0v) is 11.4. The Balaban J connectivity index is 2.10. The van der Waals surface area contributed by atoms with Gasteiger partial charge in [0.05, 0.1) is 11.6 Å². The molecule has 0 atom stereocenters. The predicted octanol–water partition coefficient (Wildman–Crippen LogP) is 3.71. The summed E-state index contributed by atoms with van der Waals surface area (Å²) < 4.78 is 0. The van der Waals surface area contributed by atoms with Crippen molar-refractivity contribution in [3.63, 3.8) is 0 Å². The van der Waals surface area contributed by atoms with E-state index in [1.165, 1.54) is 0 Å². The van der Waals surface area contributed by atoms with Crippen LogP contribution >= 0.6 is 23.2 Å². The molecule has 0 aliphatic rings. The van der Waals surface area contributed by atoms with Gasteiger partial charge in [0.15, 0.2) is 5.65 Å². The molecule has 0 amide bonds. The SMILES string of the molecule is Cc1c(Cl)cccc1Nc1nc(Cl)nc2[nH]ncc12. The number of H-pyrrole nitrogens is 1. The van der Waals surface area contributed by atoms with Crippen LogP contribution in [0.1, 0.15) is 5.56 Å². The number of hydrogen-bond acceptors (Lipinski definition) is 4. The van der Waals surface area contributed by atoms with Crippen LogP contribution in [0.25, 0.3) is 11.0 Å².